The number of aliphatic carboxylic acids is 4. The summed E-state index contributed by atoms with van der Waals surface area (Å²) in [6.45, 7) is -0.253. The summed E-state index contributed by atoms with van der Waals surface area (Å²) in [5, 5.41) is 50.4. The van der Waals surface area contributed by atoms with Crippen LogP contribution in [0.5, 0.6) is 0 Å². The fraction of sp³-hybridized carbons (Fsp3) is 0.412. The van der Waals surface area contributed by atoms with Gasteiger partial charge in [0.25, 0.3) is 5.69 Å². The summed E-state index contributed by atoms with van der Waals surface area (Å²) in [7, 11) is 0. The van der Waals surface area contributed by atoms with E-state index >= 15 is 0 Å². The van der Waals surface area contributed by atoms with Crippen LogP contribution >= 0.6 is 0 Å². The zero-order valence-corrected chi connectivity index (χ0v) is 15.6. The van der Waals surface area contributed by atoms with Crippen molar-refractivity contribution < 1.29 is 44.5 Å². The van der Waals surface area contributed by atoms with Crippen LogP contribution in [0.15, 0.2) is 24.3 Å². The number of benzene rings is 1. The average molecular weight is 427 g/mol. The van der Waals surface area contributed by atoms with E-state index in [4.69, 9.17) is 5.73 Å². The highest BCUT2D eigenvalue weighted by atomic mass is 16.6. The quantitative estimate of drug-likeness (QED) is 0.181. The van der Waals surface area contributed by atoms with Crippen molar-refractivity contribution in [2.24, 2.45) is 5.73 Å². The number of non-ortho nitro benzene ring substituents is 1. The molecule has 1 aromatic carbocycles. The van der Waals surface area contributed by atoms with Gasteiger partial charge in [-0.1, -0.05) is 12.1 Å². The lowest BCUT2D eigenvalue weighted by Crippen LogP contribution is -2.70. The number of nitro benzene ring substituents is 1. The first-order valence-electron chi connectivity index (χ1n) is 8.45. The fourth-order valence-corrected chi connectivity index (χ4v) is 3.18. The topological polar surface area (TPSA) is 230 Å². The lowest BCUT2D eigenvalue weighted by atomic mass is 9.68. The third kappa shape index (κ3) is 6.49. The number of hydrogen-bond donors (Lipinski definition) is 6. The van der Waals surface area contributed by atoms with E-state index in [2.05, 4.69) is 5.32 Å². The highest BCUT2D eigenvalue weighted by Gasteiger charge is 2.53. The molecule has 7 N–H and O–H groups in total. The molecule has 164 valence electrons. The number of nitrogens with zero attached hydrogens (tertiary/aromatic N) is 1. The highest BCUT2D eigenvalue weighted by Crippen LogP contribution is 2.34. The van der Waals surface area contributed by atoms with Crippen molar-refractivity contribution in [1.82, 2.24) is 5.32 Å². The first-order valence-corrected chi connectivity index (χ1v) is 8.45. The SMILES string of the molecule is NC(CC(=O)O)(CC(=O)O)C(CC(=O)O)(CC(=O)O)NCc1ccc([N+](=O)[O-])cc1. The second kappa shape index (κ2) is 9.76. The molecular weight excluding hydrogens is 406 g/mol. The molecule has 13 heteroatoms. The first kappa shape index (κ1) is 24.5. The second-order valence-corrected chi connectivity index (χ2v) is 6.80. The highest BCUT2D eigenvalue weighted by molar-refractivity contribution is 5.78. The van der Waals surface area contributed by atoms with Gasteiger partial charge in [-0.3, -0.25) is 29.3 Å². The van der Waals surface area contributed by atoms with Gasteiger partial charge in [-0.25, -0.2) is 0 Å². The summed E-state index contributed by atoms with van der Waals surface area (Å²) in [5.41, 5.74) is 1.76. The van der Waals surface area contributed by atoms with Crippen LogP contribution in [0.3, 0.4) is 0 Å². The third-order valence-corrected chi connectivity index (χ3v) is 4.57. The Kier molecular flexibility index (Phi) is 7.95. The lowest BCUT2D eigenvalue weighted by molar-refractivity contribution is -0.384. The second-order valence-electron chi connectivity index (χ2n) is 6.80. The average Bonchev–Trinajstić information content (AvgIpc) is 2.57. The van der Waals surface area contributed by atoms with E-state index < -0.39 is 65.6 Å². The molecule has 0 aliphatic rings. The predicted molar refractivity (Wildman–Crippen MR) is 98.6 cm³/mol. The van der Waals surface area contributed by atoms with Crippen LogP contribution in [-0.2, 0) is 25.7 Å². The Morgan fingerprint density at radius 1 is 0.867 bits per heavy atom. The molecule has 0 heterocycles. The largest absolute Gasteiger partial charge is 0.481 e. The normalized spacial score (nSPS) is 11.6. The van der Waals surface area contributed by atoms with Gasteiger partial charge in [0.1, 0.15) is 0 Å². The van der Waals surface area contributed by atoms with Crippen LogP contribution < -0.4 is 11.1 Å². The molecule has 0 saturated heterocycles. The molecule has 0 aliphatic carbocycles. The maximum absolute atomic E-state index is 11.5. The van der Waals surface area contributed by atoms with Crippen LogP contribution in [0, 0.1) is 10.1 Å². The molecule has 0 saturated carbocycles. The molecule has 1 rings (SSSR count). The minimum absolute atomic E-state index is 0.217. The van der Waals surface area contributed by atoms with Gasteiger partial charge in [0.15, 0.2) is 0 Å². The van der Waals surface area contributed by atoms with Gasteiger partial charge in [-0.05, 0) is 5.56 Å². The minimum atomic E-state index is -2.29. The van der Waals surface area contributed by atoms with Crippen LogP contribution in [0.4, 0.5) is 5.69 Å². The molecule has 0 aromatic heterocycles. The van der Waals surface area contributed by atoms with Gasteiger partial charge in [-0.15, -0.1) is 0 Å². The fourth-order valence-electron chi connectivity index (χ4n) is 3.18. The van der Waals surface area contributed by atoms with Crippen LogP contribution in [0.2, 0.25) is 0 Å². The van der Waals surface area contributed by atoms with Crippen molar-refractivity contribution in [2.75, 3.05) is 0 Å². The monoisotopic (exact) mass is 427 g/mol. The third-order valence-electron chi connectivity index (χ3n) is 4.57. The van der Waals surface area contributed by atoms with E-state index in [9.17, 15) is 49.7 Å². The molecule has 0 radical (unpaired) electrons. The zero-order valence-electron chi connectivity index (χ0n) is 15.6. The lowest BCUT2D eigenvalue weighted by Gasteiger charge is -2.46. The van der Waals surface area contributed by atoms with Gasteiger partial charge < -0.3 is 31.5 Å². The van der Waals surface area contributed by atoms with Crippen molar-refractivity contribution in [2.45, 2.75) is 43.3 Å². The van der Waals surface area contributed by atoms with Gasteiger partial charge in [-0.2, -0.15) is 0 Å². The summed E-state index contributed by atoms with van der Waals surface area (Å²) in [4.78, 5) is 55.7. The summed E-state index contributed by atoms with van der Waals surface area (Å²) in [6, 6.07) is 4.97. The number of carboxylic acid groups (broad SMARTS) is 4. The minimum Gasteiger partial charge on any atom is -0.481 e. The van der Waals surface area contributed by atoms with E-state index in [1.807, 2.05) is 0 Å². The molecule has 13 nitrogen and oxygen atoms in total. The van der Waals surface area contributed by atoms with Gasteiger partial charge in [0.2, 0.25) is 0 Å². The Hall–Kier alpha value is -3.58. The van der Waals surface area contributed by atoms with E-state index in [1.54, 1.807) is 0 Å². The standard InChI is InChI=1S/C17H21N3O10/c18-16(5-12(21)22,6-13(23)24)17(7-14(25)26,8-15(27)28)19-9-10-1-3-11(4-2-10)20(29)30/h1-4,19H,5-9,18H2,(H,21,22)(H,23,24)(H,25,26)(H,27,28). The number of rotatable bonds is 13. The van der Waals surface area contributed by atoms with Gasteiger partial charge in [0.05, 0.1) is 41.7 Å². The Balaban J connectivity index is 3.42. The molecular formula is C17H21N3O10. The van der Waals surface area contributed by atoms with Crippen molar-refractivity contribution in [1.29, 1.82) is 0 Å². The number of nitrogens with one attached hydrogen (secondary N) is 1. The molecule has 0 fully saturated rings. The molecule has 0 spiro atoms. The van der Waals surface area contributed by atoms with Crippen molar-refractivity contribution in [3.63, 3.8) is 0 Å². The zero-order chi connectivity index (χ0) is 23.1. The van der Waals surface area contributed by atoms with E-state index in [0.717, 1.165) is 12.1 Å². The molecule has 30 heavy (non-hydrogen) atoms. The number of nitro groups is 1. The molecule has 0 aliphatic heterocycles. The molecule has 1 aromatic rings. The van der Waals surface area contributed by atoms with Crippen LogP contribution in [0.1, 0.15) is 31.2 Å². The van der Waals surface area contributed by atoms with E-state index in [0.29, 0.717) is 5.56 Å². The van der Waals surface area contributed by atoms with E-state index in [-0.39, 0.29) is 12.2 Å². The maximum Gasteiger partial charge on any atom is 0.305 e. The summed E-state index contributed by atoms with van der Waals surface area (Å²) >= 11 is 0. The van der Waals surface area contributed by atoms with Gasteiger partial charge >= 0.3 is 23.9 Å². The van der Waals surface area contributed by atoms with E-state index in [1.165, 1.54) is 12.1 Å². The predicted octanol–water partition coefficient (Wildman–Crippen LogP) is 0.0195. The Labute approximate surface area is 169 Å². The molecule has 0 unspecified atom stereocenters. The Morgan fingerprint density at radius 3 is 1.60 bits per heavy atom. The van der Waals surface area contributed by atoms with Gasteiger partial charge in [0, 0.05) is 18.7 Å². The number of nitrogens with two attached hydrogens (primary N) is 1. The van der Waals surface area contributed by atoms with Crippen LogP contribution in [-0.4, -0.2) is 60.3 Å². The van der Waals surface area contributed by atoms with Crippen LogP contribution in [0.25, 0.3) is 0 Å². The maximum atomic E-state index is 11.5. The van der Waals surface area contributed by atoms with Crippen molar-refractivity contribution in [3.05, 3.63) is 39.9 Å². The molecule has 0 bridgehead atoms. The van der Waals surface area contributed by atoms with Crippen molar-refractivity contribution >= 4 is 29.6 Å². The molecule has 0 atom stereocenters. The summed E-state index contributed by atoms with van der Waals surface area (Å²) < 4.78 is 0. The van der Waals surface area contributed by atoms with Crippen molar-refractivity contribution in [3.8, 4) is 0 Å². The first-order chi connectivity index (χ1) is 13.8. The number of carbonyl (C=O) groups is 4. The molecule has 0 amide bonds. The number of hydrogen-bond acceptors (Lipinski definition) is 8. The number of carboxylic acids is 4. The summed E-state index contributed by atoms with van der Waals surface area (Å²) in [6.07, 6.45) is -4.01. The Bertz CT molecular complexity index is 805. The smallest absolute Gasteiger partial charge is 0.305 e. The summed E-state index contributed by atoms with van der Waals surface area (Å²) in [5.74, 6) is -6.15. The Morgan fingerprint density at radius 2 is 1.27 bits per heavy atom.